The Morgan fingerprint density at radius 2 is 1.83 bits per heavy atom. The lowest BCUT2D eigenvalue weighted by Gasteiger charge is -2.39. The smallest absolute Gasteiger partial charge is 0.303 e. The molecular formula is C10H18O8. The van der Waals surface area contributed by atoms with Gasteiger partial charge in [-0.3, -0.25) is 4.79 Å². The molecule has 1 aliphatic heterocycles. The van der Waals surface area contributed by atoms with Gasteiger partial charge in [-0.25, -0.2) is 0 Å². The third kappa shape index (κ3) is 3.87. The molecule has 5 N–H and O–H groups in total. The van der Waals surface area contributed by atoms with Gasteiger partial charge in [0.05, 0.1) is 13.2 Å². The first-order chi connectivity index (χ1) is 8.47. The van der Waals surface area contributed by atoms with Gasteiger partial charge in [-0.15, -0.1) is 0 Å². The first kappa shape index (κ1) is 15.3. The van der Waals surface area contributed by atoms with Crippen LogP contribution < -0.4 is 0 Å². The minimum absolute atomic E-state index is 0.0228. The van der Waals surface area contributed by atoms with E-state index in [0.717, 1.165) is 0 Å². The van der Waals surface area contributed by atoms with Crippen molar-refractivity contribution in [1.29, 1.82) is 0 Å². The maximum absolute atomic E-state index is 10.3. The van der Waals surface area contributed by atoms with E-state index in [1.54, 1.807) is 0 Å². The van der Waals surface area contributed by atoms with E-state index in [1.165, 1.54) is 0 Å². The molecule has 0 aromatic carbocycles. The van der Waals surface area contributed by atoms with Gasteiger partial charge in [0, 0.05) is 6.42 Å². The second-order valence-corrected chi connectivity index (χ2v) is 4.07. The summed E-state index contributed by atoms with van der Waals surface area (Å²) < 4.78 is 10.1. The number of carboxylic acid groups (broad SMARTS) is 1. The Morgan fingerprint density at radius 3 is 2.39 bits per heavy atom. The van der Waals surface area contributed by atoms with Gasteiger partial charge in [0.1, 0.15) is 24.4 Å². The standard InChI is InChI=1S/C10H18O8/c11-4-5-7(14)8(15)9(16)10(18-5)17-3-1-2-6(12)13/h5,7-11,14-16H,1-4H2,(H,12,13)/t5?,7-,8-,9?,10+/m0/s1. The second-order valence-electron chi connectivity index (χ2n) is 4.07. The minimum Gasteiger partial charge on any atom is -0.481 e. The third-order valence-corrected chi connectivity index (χ3v) is 2.67. The van der Waals surface area contributed by atoms with Crippen LogP contribution in [0.2, 0.25) is 0 Å². The largest absolute Gasteiger partial charge is 0.481 e. The van der Waals surface area contributed by atoms with Gasteiger partial charge in [-0.05, 0) is 6.42 Å². The van der Waals surface area contributed by atoms with E-state index in [2.05, 4.69) is 0 Å². The number of rotatable bonds is 6. The number of ether oxygens (including phenoxy) is 2. The lowest BCUT2D eigenvalue weighted by Crippen LogP contribution is -2.59. The highest BCUT2D eigenvalue weighted by atomic mass is 16.7. The van der Waals surface area contributed by atoms with E-state index in [0.29, 0.717) is 0 Å². The summed E-state index contributed by atoms with van der Waals surface area (Å²) in [5.74, 6) is -0.965. The Kier molecular flexibility index (Phi) is 5.93. The summed E-state index contributed by atoms with van der Waals surface area (Å²) >= 11 is 0. The van der Waals surface area contributed by atoms with Crippen molar-refractivity contribution in [3.63, 3.8) is 0 Å². The van der Waals surface area contributed by atoms with Crippen molar-refractivity contribution in [1.82, 2.24) is 0 Å². The van der Waals surface area contributed by atoms with Crippen LogP contribution in [0.25, 0.3) is 0 Å². The fraction of sp³-hybridized carbons (Fsp3) is 0.900. The number of carbonyl (C=O) groups is 1. The molecule has 2 unspecified atom stereocenters. The molecule has 18 heavy (non-hydrogen) atoms. The molecule has 1 heterocycles. The average Bonchev–Trinajstić information content (AvgIpc) is 2.34. The molecule has 0 radical (unpaired) electrons. The van der Waals surface area contributed by atoms with E-state index in [-0.39, 0.29) is 19.4 Å². The van der Waals surface area contributed by atoms with E-state index >= 15 is 0 Å². The molecule has 106 valence electrons. The highest BCUT2D eigenvalue weighted by Gasteiger charge is 2.43. The van der Waals surface area contributed by atoms with Gasteiger partial charge >= 0.3 is 5.97 Å². The molecule has 8 heteroatoms. The van der Waals surface area contributed by atoms with Crippen LogP contribution in [0.4, 0.5) is 0 Å². The maximum atomic E-state index is 10.3. The van der Waals surface area contributed by atoms with Gasteiger partial charge < -0.3 is 35.0 Å². The first-order valence-corrected chi connectivity index (χ1v) is 5.61. The van der Waals surface area contributed by atoms with Crippen LogP contribution in [0, 0.1) is 0 Å². The molecule has 0 aromatic heterocycles. The molecule has 5 atom stereocenters. The third-order valence-electron chi connectivity index (χ3n) is 2.67. The van der Waals surface area contributed by atoms with Crippen LogP contribution in [0.1, 0.15) is 12.8 Å². The van der Waals surface area contributed by atoms with Crippen LogP contribution in [-0.2, 0) is 14.3 Å². The van der Waals surface area contributed by atoms with Crippen molar-refractivity contribution in [2.45, 2.75) is 43.5 Å². The lowest BCUT2D eigenvalue weighted by atomic mass is 9.99. The summed E-state index contributed by atoms with van der Waals surface area (Å²) in [5, 5.41) is 45.8. The van der Waals surface area contributed by atoms with Crippen LogP contribution in [0.5, 0.6) is 0 Å². The quantitative estimate of drug-likeness (QED) is 0.337. The number of hydrogen-bond donors (Lipinski definition) is 5. The van der Waals surface area contributed by atoms with E-state index in [1.807, 2.05) is 0 Å². The Balaban J connectivity index is 2.41. The first-order valence-electron chi connectivity index (χ1n) is 5.61. The fourth-order valence-corrected chi connectivity index (χ4v) is 1.63. The number of carboxylic acids is 1. The molecule has 1 saturated heterocycles. The molecule has 0 amide bonds. The van der Waals surface area contributed by atoms with Crippen LogP contribution in [-0.4, -0.2) is 75.4 Å². The summed E-state index contributed by atoms with van der Waals surface area (Å²) in [7, 11) is 0. The predicted molar refractivity (Wildman–Crippen MR) is 56.6 cm³/mol. The zero-order chi connectivity index (χ0) is 13.7. The zero-order valence-electron chi connectivity index (χ0n) is 9.68. The molecule has 1 aliphatic rings. The Morgan fingerprint density at radius 1 is 1.17 bits per heavy atom. The molecule has 8 nitrogen and oxygen atoms in total. The molecule has 1 fully saturated rings. The van der Waals surface area contributed by atoms with Gasteiger partial charge in [0.25, 0.3) is 0 Å². The van der Waals surface area contributed by atoms with Gasteiger partial charge in [0.15, 0.2) is 6.29 Å². The van der Waals surface area contributed by atoms with Gasteiger partial charge in [-0.1, -0.05) is 0 Å². The topological polar surface area (TPSA) is 137 Å². The van der Waals surface area contributed by atoms with E-state index < -0.39 is 43.3 Å². The summed E-state index contributed by atoms with van der Waals surface area (Å²) in [6.07, 6.45) is -6.44. The number of aliphatic hydroxyl groups is 4. The SMILES string of the molecule is O=C(O)CCCO[C@@H]1OC(CO)[C@H](O)[C@H](O)C1O. The summed E-state index contributed by atoms with van der Waals surface area (Å²) in [6, 6.07) is 0. The Labute approximate surface area is 103 Å². The van der Waals surface area contributed by atoms with Crippen molar-refractivity contribution in [2.75, 3.05) is 13.2 Å². The molecule has 0 aliphatic carbocycles. The van der Waals surface area contributed by atoms with Crippen LogP contribution in [0.15, 0.2) is 0 Å². The number of aliphatic carboxylic acids is 1. The molecule has 0 bridgehead atoms. The van der Waals surface area contributed by atoms with Crippen molar-refractivity contribution >= 4 is 5.97 Å². The molecule has 0 saturated carbocycles. The van der Waals surface area contributed by atoms with Crippen LogP contribution in [0.3, 0.4) is 0 Å². The summed E-state index contributed by atoms with van der Waals surface area (Å²) in [5.41, 5.74) is 0. The molecule has 0 spiro atoms. The number of hydrogen-bond acceptors (Lipinski definition) is 7. The van der Waals surface area contributed by atoms with Crippen molar-refractivity contribution in [2.24, 2.45) is 0 Å². The highest BCUT2D eigenvalue weighted by molar-refractivity contribution is 5.66. The Bertz CT molecular complexity index is 269. The molecule has 1 rings (SSSR count). The summed E-state index contributed by atoms with van der Waals surface area (Å²) in [4.78, 5) is 10.3. The normalized spacial score (nSPS) is 36.6. The highest BCUT2D eigenvalue weighted by Crippen LogP contribution is 2.21. The van der Waals surface area contributed by atoms with Crippen molar-refractivity contribution in [3.05, 3.63) is 0 Å². The van der Waals surface area contributed by atoms with E-state index in [9.17, 15) is 20.1 Å². The summed E-state index contributed by atoms with van der Waals surface area (Å²) in [6.45, 7) is -0.505. The molecule has 0 aromatic rings. The second kappa shape index (κ2) is 6.98. The number of aliphatic hydroxyl groups excluding tert-OH is 4. The maximum Gasteiger partial charge on any atom is 0.303 e. The van der Waals surface area contributed by atoms with E-state index in [4.69, 9.17) is 19.7 Å². The Hall–Kier alpha value is -0.770. The van der Waals surface area contributed by atoms with Crippen molar-refractivity contribution in [3.8, 4) is 0 Å². The van der Waals surface area contributed by atoms with Gasteiger partial charge in [-0.2, -0.15) is 0 Å². The molecular weight excluding hydrogens is 248 g/mol. The van der Waals surface area contributed by atoms with Gasteiger partial charge in [0.2, 0.25) is 0 Å². The van der Waals surface area contributed by atoms with Crippen molar-refractivity contribution < 1.29 is 39.8 Å². The van der Waals surface area contributed by atoms with Crippen LogP contribution >= 0.6 is 0 Å². The monoisotopic (exact) mass is 266 g/mol. The lowest BCUT2D eigenvalue weighted by molar-refractivity contribution is -0.301. The zero-order valence-corrected chi connectivity index (χ0v) is 9.68. The predicted octanol–water partition coefficient (Wildman–Crippen LogP) is -2.33. The minimum atomic E-state index is -1.49. The average molecular weight is 266 g/mol. The fourth-order valence-electron chi connectivity index (χ4n) is 1.63.